The zero-order valence-electron chi connectivity index (χ0n) is 8.79. The van der Waals surface area contributed by atoms with E-state index in [0.717, 1.165) is 24.5 Å². The number of halogens is 1. The van der Waals surface area contributed by atoms with Gasteiger partial charge < -0.3 is 4.74 Å². The fourth-order valence-electron chi connectivity index (χ4n) is 1.32. The van der Waals surface area contributed by atoms with E-state index >= 15 is 0 Å². The van der Waals surface area contributed by atoms with E-state index in [1.165, 1.54) is 5.56 Å². The molecule has 0 aromatic heterocycles. The summed E-state index contributed by atoms with van der Waals surface area (Å²) < 4.78 is 5.60. The summed E-state index contributed by atoms with van der Waals surface area (Å²) in [5.74, 6) is 1.67. The van der Waals surface area contributed by atoms with Gasteiger partial charge in [0.15, 0.2) is 0 Å². The third-order valence-electron chi connectivity index (χ3n) is 1.87. The molecule has 0 spiro atoms. The second-order valence-corrected chi connectivity index (χ2v) is 3.98. The molecule has 0 saturated carbocycles. The number of rotatable bonds is 5. The number of ether oxygens (including phenoxy) is 1. The first-order valence-electron chi connectivity index (χ1n) is 5.04. The molecule has 0 N–H and O–H groups in total. The predicted octanol–water partition coefficient (Wildman–Crippen LogP) is 3.65. The Morgan fingerprint density at radius 1 is 1.36 bits per heavy atom. The SMILES string of the molecule is CC(C)Oc1cccc(CCCCl)c1. The zero-order valence-corrected chi connectivity index (χ0v) is 9.55. The summed E-state index contributed by atoms with van der Waals surface area (Å²) in [7, 11) is 0. The second-order valence-electron chi connectivity index (χ2n) is 3.61. The minimum atomic E-state index is 0.235. The molecule has 1 aromatic carbocycles. The normalized spacial score (nSPS) is 10.6. The van der Waals surface area contributed by atoms with Crippen molar-refractivity contribution in [1.82, 2.24) is 0 Å². The first-order chi connectivity index (χ1) is 6.72. The molecule has 0 aliphatic heterocycles. The summed E-state index contributed by atoms with van der Waals surface area (Å²) in [6, 6.07) is 8.22. The number of hydrogen-bond acceptors (Lipinski definition) is 1. The van der Waals surface area contributed by atoms with E-state index in [0.29, 0.717) is 0 Å². The lowest BCUT2D eigenvalue weighted by atomic mass is 10.1. The number of benzene rings is 1. The molecule has 14 heavy (non-hydrogen) atoms. The van der Waals surface area contributed by atoms with Crippen LogP contribution in [0.4, 0.5) is 0 Å². The average molecular weight is 213 g/mol. The Morgan fingerprint density at radius 3 is 2.79 bits per heavy atom. The molecule has 0 atom stereocenters. The Labute approximate surface area is 91.0 Å². The standard InChI is InChI=1S/C12H17ClO/c1-10(2)14-12-7-3-5-11(9-12)6-4-8-13/h3,5,7,9-10H,4,6,8H2,1-2H3. The minimum Gasteiger partial charge on any atom is -0.491 e. The molecule has 0 unspecified atom stereocenters. The van der Waals surface area contributed by atoms with Crippen LogP contribution in [0.15, 0.2) is 24.3 Å². The van der Waals surface area contributed by atoms with Crippen molar-refractivity contribution < 1.29 is 4.74 Å². The van der Waals surface area contributed by atoms with E-state index in [2.05, 4.69) is 12.1 Å². The van der Waals surface area contributed by atoms with E-state index in [4.69, 9.17) is 16.3 Å². The van der Waals surface area contributed by atoms with Crippen molar-refractivity contribution in [3.63, 3.8) is 0 Å². The average Bonchev–Trinajstić information content (AvgIpc) is 2.14. The Balaban J connectivity index is 2.59. The molecular formula is C12H17ClO. The molecule has 0 amide bonds. The molecule has 0 heterocycles. The fourth-order valence-corrected chi connectivity index (χ4v) is 1.45. The smallest absolute Gasteiger partial charge is 0.119 e. The summed E-state index contributed by atoms with van der Waals surface area (Å²) in [6.07, 6.45) is 2.28. The molecule has 0 saturated heterocycles. The van der Waals surface area contributed by atoms with Gasteiger partial charge in [-0.3, -0.25) is 0 Å². The maximum atomic E-state index is 5.64. The molecule has 0 aliphatic carbocycles. The summed E-state index contributed by atoms with van der Waals surface area (Å²) in [5.41, 5.74) is 1.30. The van der Waals surface area contributed by atoms with Crippen LogP contribution < -0.4 is 4.74 Å². The maximum Gasteiger partial charge on any atom is 0.119 e. The zero-order chi connectivity index (χ0) is 10.4. The van der Waals surface area contributed by atoms with Crippen molar-refractivity contribution >= 4 is 11.6 Å². The molecule has 1 rings (SSSR count). The van der Waals surface area contributed by atoms with Gasteiger partial charge >= 0.3 is 0 Å². The van der Waals surface area contributed by atoms with Crippen molar-refractivity contribution in [2.75, 3.05) is 5.88 Å². The van der Waals surface area contributed by atoms with Crippen LogP contribution in [0.5, 0.6) is 5.75 Å². The molecule has 0 fully saturated rings. The highest BCUT2D eigenvalue weighted by molar-refractivity contribution is 6.17. The van der Waals surface area contributed by atoms with E-state index in [1.54, 1.807) is 0 Å². The minimum absolute atomic E-state index is 0.235. The molecule has 0 aliphatic rings. The molecule has 2 heteroatoms. The van der Waals surface area contributed by atoms with Crippen LogP contribution in [0.3, 0.4) is 0 Å². The first-order valence-corrected chi connectivity index (χ1v) is 5.57. The van der Waals surface area contributed by atoms with Crippen molar-refractivity contribution in [3.8, 4) is 5.75 Å². The van der Waals surface area contributed by atoms with Crippen LogP contribution in [0.2, 0.25) is 0 Å². The van der Waals surface area contributed by atoms with E-state index in [1.807, 2.05) is 26.0 Å². The molecule has 78 valence electrons. The Hall–Kier alpha value is -0.690. The summed E-state index contributed by atoms with van der Waals surface area (Å²) in [4.78, 5) is 0. The molecular weight excluding hydrogens is 196 g/mol. The van der Waals surface area contributed by atoms with Gasteiger partial charge in [-0.25, -0.2) is 0 Å². The van der Waals surface area contributed by atoms with Gasteiger partial charge in [0.05, 0.1) is 6.10 Å². The van der Waals surface area contributed by atoms with Crippen molar-refractivity contribution in [2.24, 2.45) is 0 Å². The molecule has 0 radical (unpaired) electrons. The van der Waals surface area contributed by atoms with E-state index < -0.39 is 0 Å². The van der Waals surface area contributed by atoms with E-state index in [9.17, 15) is 0 Å². The van der Waals surface area contributed by atoms with Gasteiger partial charge in [0.2, 0.25) is 0 Å². The van der Waals surface area contributed by atoms with Crippen LogP contribution >= 0.6 is 11.6 Å². The summed E-state index contributed by atoms with van der Waals surface area (Å²) in [5, 5.41) is 0. The number of hydrogen-bond donors (Lipinski definition) is 0. The van der Waals surface area contributed by atoms with Gasteiger partial charge in [0, 0.05) is 5.88 Å². The van der Waals surface area contributed by atoms with Crippen molar-refractivity contribution in [3.05, 3.63) is 29.8 Å². The van der Waals surface area contributed by atoms with Gasteiger partial charge in [0.25, 0.3) is 0 Å². The quantitative estimate of drug-likeness (QED) is 0.678. The summed E-state index contributed by atoms with van der Waals surface area (Å²) >= 11 is 5.64. The monoisotopic (exact) mass is 212 g/mol. The van der Waals surface area contributed by atoms with Gasteiger partial charge in [-0.2, -0.15) is 0 Å². The number of alkyl halides is 1. The third kappa shape index (κ3) is 4.01. The van der Waals surface area contributed by atoms with Crippen LogP contribution in [0.25, 0.3) is 0 Å². The van der Waals surface area contributed by atoms with Crippen LogP contribution in [-0.2, 0) is 6.42 Å². The first kappa shape index (κ1) is 11.4. The van der Waals surface area contributed by atoms with Crippen molar-refractivity contribution in [2.45, 2.75) is 32.8 Å². The largest absolute Gasteiger partial charge is 0.491 e. The van der Waals surface area contributed by atoms with E-state index in [-0.39, 0.29) is 6.10 Å². The van der Waals surface area contributed by atoms with Crippen LogP contribution in [0.1, 0.15) is 25.8 Å². The maximum absolute atomic E-state index is 5.64. The number of aryl methyl sites for hydroxylation is 1. The lowest BCUT2D eigenvalue weighted by molar-refractivity contribution is 0.242. The Bertz CT molecular complexity index is 271. The van der Waals surface area contributed by atoms with Gasteiger partial charge in [-0.05, 0) is 44.4 Å². The second kappa shape index (κ2) is 5.92. The lowest BCUT2D eigenvalue weighted by Crippen LogP contribution is -2.05. The topological polar surface area (TPSA) is 9.23 Å². The highest BCUT2D eigenvalue weighted by atomic mass is 35.5. The Morgan fingerprint density at radius 2 is 2.14 bits per heavy atom. The van der Waals surface area contributed by atoms with Gasteiger partial charge in [-0.1, -0.05) is 12.1 Å². The van der Waals surface area contributed by atoms with Crippen molar-refractivity contribution in [1.29, 1.82) is 0 Å². The third-order valence-corrected chi connectivity index (χ3v) is 2.14. The highest BCUT2D eigenvalue weighted by Crippen LogP contribution is 2.16. The summed E-state index contributed by atoms with van der Waals surface area (Å²) in [6.45, 7) is 4.07. The van der Waals surface area contributed by atoms with Crippen LogP contribution in [0, 0.1) is 0 Å². The lowest BCUT2D eigenvalue weighted by Gasteiger charge is -2.10. The molecule has 1 aromatic rings. The molecule has 0 bridgehead atoms. The molecule has 1 nitrogen and oxygen atoms in total. The highest BCUT2D eigenvalue weighted by Gasteiger charge is 1.98. The Kier molecular flexibility index (Phi) is 4.81. The van der Waals surface area contributed by atoms with Gasteiger partial charge in [0.1, 0.15) is 5.75 Å². The fraction of sp³-hybridized carbons (Fsp3) is 0.500. The predicted molar refractivity (Wildman–Crippen MR) is 61.2 cm³/mol. The van der Waals surface area contributed by atoms with Gasteiger partial charge in [-0.15, -0.1) is 11.6 Å². The van der Waals surface area contributed by atoms with Crippen LogP contribution in [-0.4, -0.2) is 12.0 Å².